The third-order valence-electron chi connectivity index (χ3n) is 4.14. The molecule has 2 aliphatic heterocycles. The number of ether oxygens (including phenoxy) is 2. The molecule has 0 radical (unpaired) electrons. The number of hydrogen-bond donors (Lipinski definition) is 2. The number of halogens is 2. The summed E-state index contributed by atoms with van der Waals surface area (Å²) in [5.41, 5.74) is 0. The van der Waals surface area contributed by atoms with Crippen LogP contribution in [0.2, 0.25) is 0 Å². The van der Waals surface area contributed by atoms with E-state index in [-0.39, 0.29) is 48.9 Å². The van der Waals surface area contributed by atoms with E-state index >= 15 is 0 Å². The summed E-state index contributed by atoms with van der Waals surface area (Å²) in [6.45, 7) is 7.19. The second kappa shape index (κ2) is 11.4. The Hall–Kier alpha value is -0.110. The molecule has 0 aromatic carbocycles. The molecule has 2 fully saturated rings. The molecule has 2 aliphatic rings. The second-order valence-corrected chi connectivity index (χ2v) is 5.63. The summed E-state index contributed by atoms with van der Waals surface area (Å²) in [6.07, 6.45) is 1.97. The molecule has 0 saturated carbocycles. The van der Waals surface area contributed by atoms with Gasteiger partial charge in [-0.15, -0.1) is 24.8 Å². The topological polar surface area (TPSA) is 62.8 Å². The van der Waals surface area contributed by atoms with E-state index < -0.39 is 0 Å². The molecule has 2 atom stereocenters. The zero-order valence-electron chi connectivity index (χ0n) is 13.4. The van der Waals surface area contributed by atoms with Crippen molar-refractivity contribution in [3.63, 3.8) is 0 Å². The van der Waals surface area contributed by atoms with Crippen LogP contribution in [0.5, 0.6) is 0 Å². The van der Waals surface area contributed by atoms with E-state index in [1.807, 2.05) is 6.92 Å². The van der Waals surface area contributed by atoms with Gasteiger partial charge in [0.15, 0.2) is 0 Å². The van der Waals surface area contributed by atoms with Gasteiger partial charge in [-0.05, 0) is 19.8 Å². The van der Waals surface area contributed by atoms with Crippen LogP contribution >= 0.6 is 24.8 Å². The molecule has 8 heteroatoms. The van der Waals surface area contributed by atoms with Crippen LogP contribution in [0.1, 0.15) is 19.8 Å². The fourth-order valence-electron chi connectivity index (χ4n) is 2.84. The number of morpholine rings is 1. The molecule has 0 spiro atoms. The van der Waals surface area contributed by atoms with Gasteiger partial charge in [0, 0.05) is 39.3 Å². The Morgan fingerprint density at radius 1 is 1.36 bits per heavy atom. The van der Waals surface area contributed by atoms with Crippen LogP contribution in [0.3, 0.4) is 0 Å². The molecule has 0 unspecified atom stereocenters. The molecule has 0 aliphatic carbocycles. The van der Waals surface area contributed by atoms with Crippen molar-refractivity contribution in [3.8, 4) is 0 Å². The van der Waals surface area contributed by atoms with Crippen molar-refractivity contribution >= 4 is 30.7 Å². The smallest absolute Gasteiger partial charge is 0.240 e. The average Bonchev–Trinajstić information content (AvgIpc) is 2.47. The minimum Gasteiger partial charge on any atom is -0.383 e. The summed E-state index contributed by atoms with van der Waals surface area (Å²) in [4.78, 5) is 14.6. The summed E-state index contributed by atoms with van der Waals surface area (Å²) in [5.74, 6) is 0.0764. The summed E-state index contributed by atoms with van der Waals surface area (Å²) >= 11 is 0. The number of nitrogens with one attached hydrogen (secondary N) is 2. The van der Waals surface area contributed by atoms with E-state index in [2.05, 4.69) is 15.5 Å². The van der Waals surface area contributed by atoms with Crippen LogP contribution < -0.4 is 10.6 Å². The van der Waals surface area contributed by atoms with Crippen LogP contribution in [-0.2, 0) is 14.3 Å². The van der Waals surface area contributed by atoms with E-state index in [9.17, 15) is 4.79 Å². The number of likely N-dealkylation sites (tertiary alicyclic amines) is 1. The Kier molecular flexibility index (Phi) is 11.4. The molecular formula is C14H29Cl2N3O3. The van der Waals surface area contributed by atoms with Crippen LogP contribution in [0.25, 0.3) is 0 Å². The molecule has 1 amide bonds. The third-order valence-corrected chi connectivity index (χ3v) is 4.14. The lowest BCUT2D eigenvalue weighted by Crippen LogP contribution is -2.58. The van der Waals surface area contributed by atoms with Gasteiger partial charge in [0.1, 0.15) is 6.04 Å². The van der Waals surface area contributed by atoms with Crippen molar-refractivity contribution in [2.75, 3.05) is 46.5 Å². The van der Waals surface area contributed by atoms with Gasteiger partial charge in [-0.3, -0.25) is 4.79 Å². The zero-order chi connectivity index (χ0) is 14.4. The van der Waals surface area contributed by atoms with Crippen LogP contribution in [0.15, 0.2) is 0 Å². The Morgan fingerprint density at radius 2 is 2.05 bits per heavy atom. The highest BCUT2D eigenvalue weighted by atomic mass is 35.5. The fourth-order valence-corrected chi connectivity index (χ4v) is 2.84. The van der Waals surface area contributed by atoms with Crippen LogP contribution in [0, 0.1) is 0 Å². The highest BCUT2D eigenvalue weighted by molar-refractivity contribution is 5.85. The highest BCUT2D eigenvalue weighted by Crippen LogP contribution is 2.11. The molecule has 6 nitrogen and oxygen atoms in total. The summed E-state index contributed by atoms with van der Waals surface area (Å²) in [6, 6.07) is 0.0764. The number of amides is 1. The van der Waals surface area contributed by atoms with E-state index in [0.717, 1.165) is 45.6 Å². The molecule has 0 aromatic heterocycles. The molecular weight excluding hydrogens is 329 g/mol. The Bertz CT molecular complexity index is 316. The standard InChI is InChI=1S/C14H27N3O3.2ClH/c1-11-13(15-5-9-20-11)14(18)16-12-3-6-17(7-4-12)8-10-19-2;;/h11-13,15H,3-10H2,1-2H3,(H,16,18);2*1H/t11-,13+;;/m1../s1. The average molecular weight is 358 g/mol. The normalized spacial score (nSPS) is 26.6. The molecule has 2 N–H and O–H groups in total. The quantitative estimate of drug-likeness (QED) is 0.747. The number of hydrogen-bond acceptors (Lipinski definition) is 5. The van der Waals surface area contributed by atoms with Crippen molar-refractivity contribution < 1.29 is 14.3 Å². The zero-order valence-corrected chi connectivity index (χ0v) is 15.0. The number of carbonyl (C=O) groups is 1. The lowest BCUT2D eigenvalue weighted by molar-refractivity contribution is -0.130. The number of carbonyl (C=O) groups excluding carboxylic acids is 1. The first kappa shape index (κ1) is 21.9. The molecule has 2 rings (SSSR count). The van der Waals surface area contributed by atoms with Crippen molar-refractivity contribution in [1.29, 1.82) is 0 Å². The summed E-state index contributed by atoms with van der Waals surface area (Å²) in [5, 5.41) is 6.39. The van der Waals surface area contributed by atoms with Crippen LogP contribution in [-0.4, -0.2) is 75.5 Å². The van der Waals surface area contributed by atoms with E-state index in [1.165, 1.54) is 0 Å². The maximum absolute atomic E-state index is 12.2. The van der Waals surface area contributed by atoms with Crippen molar-refractivity contribution in [3.05, 3.63) is 0 Å². The van der Waals surface area contributed by atoms with E-state index in [1.54, 1.807) is 7.11 Å². The first-order valence-electron chi connectivity index (χ1n) is 7.57. The lowest BCUT2D eigenvalue weighted by atomic mass is 10.0. The van der Waals surface area contributed by atoms with Gasteiger partial charge in [0.2, 0.25) is 5.91 Å². The Labute approximate surface area is 145 Å². The molecule has 0 aromatic rings. The van der Waals surface area contributed by atoms with Gasteiger partial charge in [-0.1, -0.05) is 0 Å². The van der Waals surface area contributed by atoms with Gasteiger partial charge in [-0.2, -0.15) is 0 Å². The van der Waals surface area contributed by atoms with Gasteiger partial charge in [0.05, 0.1) is 19.3 Å². The predicted octanol–water partition coefficient (Wildman–Crippen LogP) is 0.434. The number of rotatable bonds is 5. The predicted molar refractivity (Wildman–Crippen MR) is 91.2 cm³/mol. The van der Waals surface area contributed by atoms with Crippen LogP contribution in [0.4, 0.5) is 0 Å². The molecule has 132 valence electrons. The first-order valence-corrected chi connectivity index (χ1v) is 7.57. The maximum Gasteiger partial charge on any atom is 0.240 e. The molecule has 2 heterocycles. The second-order valence-electron chi connectivity index (χ2n) is 5.63. The Morgan fingerprint density at radius 3 is 2.64 bits per heavy atom. The minimum absolute atomic E-state index is 0. The maximum atomic E-state index is 12.2. The van der Waals surface area contributed by atoms with Gasteiger partial charge < -0.3 is 25.0 Å². The van der Waals surface area contributed by atoms with E-state index in [4.69, 9.17) is 9.47 Å². The number of methoxy groups -OCH3 is 1. The number of piperidine rings is 1. The Balaban J connectivity index is 0.00000220. The number of nitrogens with zero attached hydrogens (tertiary/aromatic N) is 1. The monoisotopic (exact) mass is 357 g/mol. The lowest BCUT2D eigenvalue weighted by Gasteiger charge is -2.34. The summed E-state index contributed by atoms with van der Waals surface area (Å²) in [7, 11) is 1.73. The molecule has 22 heavy (non-hydrogen) atoms. The van der Waals surface area contributed by atoms with Gasteiger partial charge >= 0.3 is 0 Å². The van der Waals surface area contributed by atoms with Gasteiger partial charge in [0.25, 0.3) is 0 Å². The third kappa shape index (κ3) is 6.56. The fraction of sp³-hybridized carbons (Fsp3) is 0.929. The van der Waals surface area contributed by atoms with Crippen molar-refractivity contribution in [2.24, 2.45) is 0 Å². The largest absolute Gasteiger partial charge is 0.383 e. The summed E-state index contributed by atoms with van der Waals surface area (Å²) < 4.78 is 10.6. The van der Waals surface area contributed by atoms with Crippen molar-refractivity contribution in [2.45, 2.75) is 38.0 Å². The van der Waals surface area contributed by atoms with E-state index in [0.29, 0.717) is 6.61 Å². The highest BCUT2D eigenvalue weighted by Gasteiger charge is 2.30. The van der Waals surface area contributed by atoms with Gasteiger partial charge in [-0.25, -0.2) is 0 Å². The van der Waals surface area contributed by atoms with Crippen molar-refractivity contribution in [1.82, 2.24) is 15.5 Å². The minimum atomic E-state index is -0.213. The first-order chi connectivity index (χ1) is 9.70. The molecule has 0 bridgehead atoms. The SMILES string of the molecule is COCCN1CCC(NC(=O)[C@H]2NCCO[C@@H]2C)CC1.Cl.Cl. The molecule has 2 saturated heterocycles.